The van der Waals surface area contributed by atoms with Gasteiger partial charge in [0.1, 0.15) is 12.2 Å². The number of ether oxygens (including phenoxy) is 2. The molecule has 0 N–H and O–H groups in total. The van der Waals surface area contributed by atoms with E-state index in [0.717, 1.165) is 0 Å². The molecule has 0 bridgehead atoms. The van der Waals surface area contributed by atoms with E-state index >= 15 is 0 Å². The minimum absolute atomic E-state index is 0.522. The number of hydrogen-bond acceptors (Lipinski definition) is 2. The molecule has 1 aliphatic carbocycles. The lowest BCUT2D eigenvalue weighted by atomic mass is 10.0. The first-order valence-corrected chi connectivity index (χ1v) is 3.26. The lowest BCUT2D eigenvalue weighted by Crippen LogP contribution is -2.11. The highest BCUT2D eigenvalue weighted by molar-refractivity contribution is 5.07. The van der Waals surface area contributed by atoms with E-state index < -0.39 is 0 Å². The molecular formula is C6H8O2. The summed E-state index contributed by atoms with van der Waals surface area (Å²) in [5.74, 6) is 0. The van der Waals surface area contributed by atoms with Crippen LogP contribution in [0.5, 0.6) is 0 Å². The van der Waals surface area contributed by atoms with E-state index in [4.69, 9.17) is 9.47 Å². The van der Waals surface area contributed by atoms with Crippen molar-refractivity contribution in [3.63, 3.8) is 0 Å². The van der Waals surface area contributed by atoms with Crippen LogP contribution >= 0.6 is 0 Å². The molecule has 0 aromatic carbocycles. The molecule has 2 heterocycles. The maximum atomic E-state index is 5.31. The molecule has 2 aliphatic heterocycles. The summed E-state index contributed by atoms with van der Waals surface area (Å²) in [5.41, 5.74) is 0. The highest BCUT2D eigenvalue weighted by Gasteiger charge is 2.60. The van der Waals surface area contributed by atoms with E-state index in [1.165, 1.54) is 12.8 Å². The van der Waals surface area contributed by atoms with Gasteiger partial charge in [-0.2, -0.15) is 0 Å². The summed E-state index contributed by atoms with van der Waals surface area (Å²) >= 11 is 0. The molecule has 0 spiro atoms. The van der Waals surface area contributed by atoms with E-state index in [1.807, 2.05) is 0 Å². The SMILES string of the molecule is C1C[C@H]2OC2[C@H]2OC12. The van der Waals surface area contributed by atoms with Crippen molar-refractivity contribution in [2.45, 2.75) is 37.3 Å². The fourth-order valence-electron chi connectivity index (χ4n) is 1.68. The van der Waals surface area contributed by atoms with Crippen molar-refractivity contribution in [3.05, 3.63) is 0 Å². The Bertz CT molecular complexity index is 118. The molecule has 2 unspecified atom stereocenters. The highest BCUT2D eigenvalue weighted by Crippen LogP contribution is 2.47. The Kier molecular flexibility index (Phi) is 0.461. The predicted octanol–water partition coefficient (Wildman–Crippen LogP) is 0.315. The second-order valence-corrected chi connectivity index (χ2v) is 2.86. The first-order chi connectivity index (χ1) is 3.95. The Morgan fingerprint density at radius 1 is 0.875 bits per heavy atom. The van der Waals surface area contributed by atoms with Gasteiger partial charge in [-0.1, -0.05) is 0 Å². The van der Waals surface area contributed by atoms with Crippen molar-refractivity contribution >= 4 is 0 Å². The first kappa shape index (κ1) is 3.85. The summed E-state index contributed by atoms with van der Waals surface area (Å²) in [7, 11) is 0. The van der Waals surface area contributed by atoms with Crippen molar-refractivity contribution in [2.24, 2.45) is 0 Å². The molecule has 3 aliphatic rings. The summed E-state index contributed by atoms with van der Waals surface area (Å²) in [6, 6.07) is 0. The molecular weight excluding hydrogens is 104 g/mol. The van der Waals surface area contributed by atoms with E-state index in [0.29, 0.717) is 24.4 Å². The Morgan fingerprint density at radius 2 is 1.38 bits per heavy atom. The highest BCUT2D eigenvalue weighted by atomic mass is 16.7. The molecule has 1 saturated carbocycles. The maximum absolute atomic E-state index is 5.31. The quantitative estimate of drug-likeness (QED) is 0.421. The van der Waals surface area contributed by atoms with Crippen LogP contribution in [-0.4, -0.2) is 24.4 Å². The van der Waals surface area contributed by atoms with Crippen LogP contribution in [0.3, 0.4) is 0 Å². The lowest BCUT2D eigenvalue weighted by Gasteiger charge is -1.94. The van der Waals surface area contributed by atoms with Gasteiger partial charge < -0.3 is 9.47 Å². The van der Waals surface area contributed by atoms with Gasteiger partial charge >= 0.3 is 0 Å². The van der Waals surface area contributed by atoms with E-state index in [-0.39, 0.29) is 0 Å². The second kappa shape index (κ2) is 0.957. The topological polar surface area (TPSA) is 25.1 Å². The third-order valence-electron chi connectivity index (χ3n) is 2.30. The van der Waals surface area contributed by atoms with Crippen LogP contribution in [0.25, 0.3) is 0 Å². The van der Waals surface area contributed by atoms with Crippen LogP contribution < -0.4 is 0 Å². The number of fused-ring (bicyclic) bond motifs is 3. The molecule has 2 nitrogen and oxygen atoms in total. The van der Waals surface area contributed by atoms with Crippen LogP contribution in [0.15, 0.2) is 0 Å². The summed E-state index contributed by atoms with van der Waals surface area (Å²) in [6.07, 6.45) is 4.72. The van der Waals surface area contributed by atoms with Gasteiger partial charge in [0.05, 0.1) is 12.2 Å². The number of rotatable bonds is 0. The standard InChI is InChI=1S/C6H8O2/c1-2-4-6(8-4)5-3(1)7-5/h3-6H,1-2H2/t3-,4?,5?,6+/m1/s1. The van der Waals surface area contributed by atoms with Crippen LogP contribution in [0.1, 0.15) is 12.8 Å². The van der Waals surface area contributed by atoms with Gasteiger partial charge in [0.15, 0.2) is 0 Å². The average Bonchev–Trinajstić information content (AvgIpc) is 2.59. The molecule has 0 aromatic heterocycles. The third-order valence-corrected chi connectivity index (χ3v) is 2.30. The Labute approximate surface area is 47.8 Å². The lowest BCUT2D eigenvalue weighted by molar-refractivity contribution is 0.290. The summed E-state index contributed by atoms with van der Waals surface area (Å²) in [6.45, 7) is 0. The van der Waals surface area contributed by atoms with Crippen LogP contribution in [-0.2, 0) is 9.47 Å². The molecule has 44 valence electrons. The van der Waals surface area contributed by atoms with Gasteiger partial charge in [0.2, 0.25) is 0 Å². The molecule has 4 atom stereocenters. The van der Waals surface area contributed by atoms with Gasteiger partial charge in [-0.05, 0) is 12.8 Å². The zero-order valence-electron chi connectivity index (χ0n) is 4.54. The molecule has 0 amide bonds. The molecule has 3 rings (SSSR count). The minimum atomic E-state index is 0.522. The monoisotopic (exact) mass is 112 g/mol. The maximum Gasteiger partial charge on any atom is 0.113 e. The first-order valence-electron chi connectivity index (χ1n) is 3.26. The van der Waals surface area contributed by atoms with Gasteiger partial charge in [0, 0.05) is 0 Å². The van der Waals surface area contributed by atoms with Crippen molar-refractivity contribution in [3.8, 4) is 0 Å². The normalized spacial score (nSPS) is 66.0. The van der Waals surface area contributed by atoms with E-state index in [1.54, 1.807) is 0 Å². The van der Waals surface area contributed by atoms with Crippen molar-refractivity contribution in [1.82, 2.24) is 0 Å². The minimum Gasteiger partial charge on any atom is -0.367 e. The fourth-order valence-corrected chi connectivity index (χ4v) is 1.68. The van der Waals surface area contributed by atoms with Crippen molar-refractivity contribution in [1.29, 1.82) is 0 Å². The predicted molar refractivity (Wildman–Crippen MR) is 26.6 cm³/mol. The zero-order chi connectivity index (χ0) is 5.14. The molecule has 8 heavy (non-hydrogen) atoms. The summed E-state index contributed by atoms with van der Waals surface area (Å²) < 4.78 is 10.6. The number of epoxide rings is 2. The smallest absolute Gasteiger partial charge is 0.113 e. The molecule has 3 fully saturated rings. The van der Waals surface area contributed by atoms with Gasteiger partial charge in [-0.25, -0.2) is 0 Å². The average molecular weight is 112 g/mol. The van der Waals surface area contributed by atoms with Gasteiger partial charge in [-0.15, -0.1) is 0 Å². The van der Waals surface area contributed by atoms with E-state index in [2.05, 4.69) is 0 Å². The largest absolute Gasteiger partial charge is 0.367 e. The van der Waals surface area contributed by atoms with Crippen molar-refractivity contribution in [2.75, 3.05) is 0 Å². The molecule has 0 aromatic rings. The van der Waals surface area contributed by atoms with Crippen LogP contribution in [0.4, 0.5) is 0 Å². The Morgan fingerprint density at radius 3 is 1.88 bits per heavy atom. The fraction of sp³-hybridized carbons (Fsp3) is 1.00. The second-order valence-electron chi connectivity index (χ2n) is 2.86. The van der Waals surface area contributed by atoms with Gasteiger partial charge in [-0.3, -0.25) is 0 Å². The Balaban J connectivity index is 1.89. The zero-order valence-corrected chi connectivity index (χ0v) is 4.54. The van der Waals surface area contributed by atoms with Crippen LogP contribution in [0.2, 0.25) is 0 Å². The molecule has 2 saturated heterocycles. The summed E-state index contributed by atoms with van der Waals surface area (Å²) in [4.78, 5) is 0. The van der Waals surface area contributed by atoms with Gasteiger partial charge in [0.25, 0.3) is 0 Å². The summed E-state index contributed by atoms with van der Waals surface area (Å²) in [5, 5.41) is 0. The van der Waals surface area contributed by atoms with Crippen LogP contribution in [0, 0.1) is 0 Å². The third kappa shape index (κ3) is 0.327. The molecule has 2 heteroatoms. The Hall–Kier alpha value is -0.0800. The van der Waals surface area contributed by atoms with Crippen molar-refractivity contribution < 1.29 is 9.47 Å². The molecule has 0 radical (unpaired) electrons. The number of hydrogen-bond donors (Lipinski definition) is 0. The van der Waals surface area contributed by atoms with E-state index in [9.17, 15) is 0 Å².